The number of aryl methyl sites for hydroxylation is 1. The molecule has 1 atom stereocenters. The molecule has 1 aromatic carbocycles. The van der Waals surface area contributed by atoms with Gasteiger partial charge in [-0.1, -0.05) is 63.1 Å². The van der Waals surface area contributed by atoms with Crippen molar-refractivity contribution in [3.63, 3.8) is 0 Å². The minimum atomic E-state index is 0.434. The zero-order valence-corrected chi connectivity index (χ0v) is 13.4. The SMILES string of the molecule is CCCCCCCCC(NC)c1cc(C)cc(Cl)c1. The maximum absolute atomic E-state index is 6.14. The lowest BCUT2D eigenvalue weighted by molar-refractivity contribution is 0.498. The molecule has 108 valence electrons. The van der Waals surface area contributed by atoms with Crippen molar-refractivity contribution in [2.45, 2.75) is 64.8 Å². The maximum Gasteiger partial charge on any atom is 0.0411 e. The highest BCUT2D eigenvalue weighted by molar-refractivity contribution is 6.30. The monoisotopic (exact) mass is 281 g/mol. The van der Waals surface area contributed by atoms with Gasteiger partial charge in [-0.05, 0) is 43.7 Å². The van der Waals surface area contributed by atoms with Crippen LogP contribution in [0.4, 0.5) is 0 Å². The van der Waals surface area contributed by atoms with Crippen LogP contribution in [0.25, 0.3) is 0 Å². The third kappa shape index (κ3) is 6.44. The highest BCUT2D eigenvalue weighted by atomic mass is 35.5. The first kappa shape index (κ1) is 16.5. The Morgan fingerprint density at radius 2 is 1.74 bits per heavy atom. The quantitative estimate of drug-likeness (QED) is 0.576. The summed E-state index contributed by atoms with van der Waals surface area (Å²) >= 11 is 6.14. The van der Waals surface area contributed by atoms with Gasteiger partial charge in [0.05, 0.1) is 0 Å². The molecule has 1 aromatic rings. The van der Waals surface area contributed by atoms with Gasteiger partial charge in [0.25, 0.3) is 0 Å². The molecule has 0 bridgehead atoms. The van der Waals surface area contributed by atoms with Gasteiger partial charge in [0.2, 0.25) is 0 Å². The average molecular weight is 282 g/mol. The molecule has 0 aliphatic rings. The number of hydrogen-bond acceptors (Lipinski definition) is 1. The number of nitrogens with one attached hydrogen (secondary N) is 1. The average Bonchev–Trinajstić information content (AvgIpc) is 2.37. The van der Waals surface area contributed by atoms with E-state index in [1.54, 1.807) is 0 Å². The third-order valence-corrected chi connectivity index (χ3v) is 3.88. The van der Waals surface area contributed by atoms with Crippen molar-refractivity contribution in [3.05, 3.63) is 34.3 Å². The van der Waals surface area contributed by atoms with E-state index in [9.17, 15) is 0 Å². The Kier molecular flexibility index (Phi) is 8.16. The Morgan fingerprint density at radius 3 is 2.37 bits per heavy atom. The lowest BCUT2D eigenvalue weighted by atomic mass is 9.98. The molecule has 0 aromatic heterocycles. The number of hydrogen-bond donors (Lipinski definition) is 1. The van der Waals surface area contributed by atoms with E-state index in [1.165, 1.54) is 56.1 Å². The summed E-state index contributed by atoms with van der Waals surface area (Å²) in [5.74, 6) is 0. The van der Waals surface area contributed by atoms with Crippen LogP contribution in [0.3, 0.4) is 0 Å². The topological polar surface area (TPSA) is 12.0 Å². The minimum Gasteiger partial charge on any atom is -0.313 e. The molecule has 0 fully saturated rings. The maximum atomic E-state index is 6.14. The minimum absolute atomic E-state index is 0.434. The molecular weight excluding hydrogens is 254 g/mol. The van der Waals surface area contributed by atoms with Crippen molar-refractivity contribution in [2.24, 2.45) is 0 Å². The highest BCUT2D eigenvalue weighted by Gasteiger charge is 2.09. The van der Waals surface area contributed by atoms with Crippen LogP contribution in [-0.4, -0.2) is 7.05 Å². The molecule has 1 N–H and O–H groups in total. The summed E-state index contributed by atoms with van der Waals surface area (Å²) in [5, 5.41) is 4.26. The van der Waals surface area contributed by atoms with Crippen molar-refractivity contribution in [1.82, 2.24) is 5.32 Å². The van der Waals surface area contributed by atoms with Gasteiger partial charge >= 0.3 is 0 Å². The smallest absolute Gasteiger partial charge is 0.0411 e. The van der Waals surface area contributed by atoms with Crippen molar-refractivity contribution < 1.29 is 0 Å². The third-order valence-electron chi connectivity index (χ3n) is 3.66. The summed E-state index contributed by atoms with van der Waals surface area (Å²) in [6.45, 7) is 4.37. The van der Waals surface area contributed by atoms with Crippen LogP contribution >= 0.6 is 11.6 Å². The molecule has 1 nitrogen and oxygen atoms in total. The summed E-state index contributed by atoms with van der Waals surface area (Å²) in [7, 11) is 2.04. The Balaban J connectivity index is 2.40. The van der Waals surface area contributed by atoms with Crippen molar-refractivity contribution in [1.29, 1.82) is 0 Å². The van der Waals surface area contributed by atoms with E-state index in [0.29, 0.717) is 6.04 Å². The molecule has 0 saturated carbocycles. The molecule has 0 spiro atoms. The van der Waals surface area contributed by atoms with Crippen LogP contribution in [0, 0.1) is 6.92 Å². The molecule has 0 radical (unpaired) electrons. The summed E-state index contributed by atoms with van der Waals surface area (Å²) in [6, 6.07) is 6.78. The summed E-state index contributed by atoms with van der Waals surface area (Å²) < 4.78 is 0. The second-order valence-corrected chi connectivity index (χ2v) is 5.90. The fraction of sp³-hybridized carbons (Fsp3) is 0.647. The fourth-order valence-corrected chi connectivity index (χ4v) is 2.87. The molecule has 1 unspecified atom stereocenters. The van der Waals surface area contributed by atoms with E-state index in [0.717, 1.165) is 5.02 Å². The number of benzene rings is 1. The van der Waals surface area contributed by atoms with Gasteiger partial charge in [0.15, 0.2) is 0 Å². The van der Waals surface area contributed by atoms with Crippen molar-refractivity contribution >= 4 is 11.6 Å². The molecule has 0 heterocycles. The van der Waals surface area contributed by atoms with E-state index in [2.05, 4.69) is 31.3 Å². The molecule has 19 heavy (non-hydrogen) atoms. The van der Waals surface area contributed by atoms with Gasteiger partial charge in [-0.15, -0.1) is 0 Å². The summed E-state index contributed by atoms with van der Waals surface area (Å²) in [5.41, 5.74) is 2.56. The number of rotatable bonds is 9. The number of unbranched alkanes of at least 4 members (excludes halogenated alkanes) is 5. The zero-order valence-electron chi connectivity index (χ0n) is 12.6. The van der Waals surface area contributed by atoms with Crippen LogP contribution in [-0.2, 0) is 0 Å². The van der Waals surface area contributed by atoms with E-state index in [4.69, 9.17) is 11.6 Å². The van der Waals surface area contributed by atoms with Gasteiger partial charge < -0.3 is 5.32 Å². The van der Waals surface area contributed by atoms with E-state index >= 15 is 0 Å². The van der Waals surface area contributed by atoms with Crippen molar-refractivity contribution in [2.75, 3.05) is 7.05 Å². The van der Waals surface area contributed by atoms with Gasteiger partial charge in [-0.2, -0.15) is 0 Å². The fourth-order valence-electron chi connectivity index (χ4n) is 2.57. The van der Waals surface area contributed by atoms with Crippen LogP contribution in [0.1, 0.15) is 69.0 Å². The first-order valence-corrected chi connectivity index (χ1v) is 7.99. The van der Waals surface area contributed by atoms with Gasteiger partial charge in [-0.3, -0.25) is 0 Å². The predicted molar refractivity (Wildman–Crippen MR) is 86.0 cm³/mol. The Hall–Kier alpha value is -0.530. The van der Waals surface area contributed by atoms with Gasteiger partial charge in [0, 0.05) is 11.1 Å². The van der Waals surface area contributed by atoms with Crippen molar-refractivity contribution in [3.8, 4) is 0 Å². The summed E-state index contributed by atoms with van der Waals surface area (Å²) in [4.78, 5) is 0. The summed E-state index contributed by atoms with van der Waals surface area (Å²) in [6.07, 6.45) is 9.29. The van der Waals surface area contributed by atoms with Crippen LogP contribution in [0.15, 0.2) is 18.2 Å². The van der Waals surface area contributed by atoms with Crippen LogP contribution in [0.2, 0.25) is 5.02 Å². The highest BCUT2D eigenvalue weighted by Crippen LogP contribution is 2.24. The van der Waals surface area contributed by atoms with Gasteiger partial charge in [-0.25, -0.2) is 0 Å². The van der Waals surface area contributed by atoms with E-state index in [1.807, 2.05) is 13.1 Å². The Labute approximate surface area is 123 Å². The lowest BCUT2D eigenvalue weighted by Crippen LogP contribution is -2.16. The first-order chi connectivity index (χ1) is 9.17. The zero-order chi connectivity index (χ0) is 14.1. The normalized spacial score (nSPS) is 12.6. The molecule has 0 aliphatic heterocycles. The molecular formula is C17H28ClN. The number of halogens is 1. The second-order valence-electron chi connectivity index (χ2n) is 5.46. The Bertz CT molecular complexity index is 342. The van der Waals surface area contributed by atoms with E-state index in [-0.39, 0.29) is 0 Å². The molecule has 0 amide bonds. The lowest BCUT2D eigenvalue weighted by Gasteiger charge is -2.17. The molecule has 0 aliphatic carbocycles. The standard InChI is InChI=1S/C17H28ClN/c1-4-5-6-7-8-9-10-17(19-3)15-11-14(2)12-16(18)13-15/h11-13,17,19H,4-10H2,1-3H3. The predicted octanol–water partition coefficient (Wildman–Crippen LogP) is 5.66. The molecule has 1 rings (SSSR count). The van der Waals surface area contributed by atoms with Crippen LogP contribution < -0.4 is 5.32 Å². The molecule has 0 saturated heterocycles. The molecule has 2 heteroatoms. The largest absolute Gasteiger partial charge is 0.313 e. The van der Waals surface area contributed by atoms with Gasteiger partial charge in [0.1, 0.15) is 0 Å². The Morgan fingerprint density at radius 1 is 1.05 bits per heavy atom. The first-order valence-electron chi connectivity index (χ1n) is 7.61. The van der Waals surface area contributed by atoms with Crippen LogP contribution in [0.5, 0.6) is 0 Å². The second kappa shape index (κ2) is 9.39. The van der Waals surface area contributed by atoms with E-state index < -0.39 is 0 Å².